The summed E-state index contributed by atoms with van der Waals surface area (Å²) < 4.78 is 5.10. The number of carbonyl (C=O) groups is 2. The van der Waals surface area contributed by atoms with Gasteiger partial charge in [-0.05, 0) is 31.5 Å². The molecule has 2 aromatic heterocycles. The molecule has 0 aliphatic rings. The summed E-state index contributed by atoms with van der Waals surface area (Å²) in [6.45, 7) is 2.94. The summed E-state index contributed by atoms with van der Waals surface area (Å²) in [4.78, 5) is 38.1. The Morgan fingerprint density at radius 2 is 1.85 bits per heavy atom. The van der Waals surface area contributed by atoms with Crippen LogP contribution < -0.4 is 10.9 Å². The predicted octanol–water partition coefficient (Wildman–Crippen LogP) is 2.10. The molecule has 0 spiro atoms. The van der Waals surface area contributed by atoms with Crippen LogP contribution in [0.15, 0.2) is 27.5 Å². The molecule has 9 nitrogen and oxygen atoms in total. The van der Waals surface area contributed by atoms with Crippen molar-refractivity contribution < 1.29 is 29.3 Å². The minimum atomic E-state index is -1.21. The molecular weight excluding hydrogens is 344 g/mol. The van der Waals surface area contributed by atoms with Gasteiger partial charge in [0.2, 0.25) is 0 Å². The van der Waals surface area contributed by atoms with Gasteiger partial charge < -0.3 is 30.0 Å². The number of aromatic carboxylic acids is 1. The van der Waals surface area contributed by atoms with Gasteiger partial charge in [-0.2, -0.15) is 0 Å². The summed E-state index contributed by atoms with van der Waals surface area (Å²) in [6.07, 6.45) is 1.15. The van der Waals surface area contributed by atoms with E-state index in [0.717, 1.165) is 6.20 Å². The fourth-order valence-corrected chi connectivity index (χ4v) is 2.61. The number of anilines is 1. The predicted molar refractivity (Wildman–Crippen MR) is 91.0 cm³/mol. The Kier molecular flexibility index (Phi) is 3.91. The zero-order valence-corrected chi connectivity index (χ0v) is 13.7. The fourth-order valence-electron chi connectivity index (χ4n) is 2.61. The van der Waals surface area contributed by atoms with Crippen LogP contribution in [0.5, 0.6) is 11.5 Å². The van der Waals surface area contributed by atoms with Gasteiger partial charge in [0.05, 0.1) is 10.9 Å². The quantitative estimate of drug-likeness (QED) is 0.449. The molecule has 3 rings (SSSR count). The van der Waals surface area contributed by atoms with Crippen molar-refractivity contribution in [2.45, 2.75) is 13.8 Å². The highest BCUT2D eigenvalue weighted by molar-refractivity contribution is 6.07. The number of fused-ring (bicyclic) bond motifs is 1. The number of phenols is 1. The van der Waals surface area contributed by atoms with E-state index >= 15 is 0 Å². The maximum Gasteiger partial charge on any atom is 0.364 e. The summed E-state index contributed by atoms with van der Waals surface area (Å²) >= 11 is 0. The lowest BCUT2D eigenvalue weighted by atomic mass is 10.1. The summed E-state index contributed by atoms with van der Waals surface area (Å²) in [5.74, 6) is -2.65. The van der Waals surface area contributed by atoms with Crippen molar-refractivity contribution in [1.82, 2.24) is 4.98 Å². The number of carbonyl (C=O) groups excluding carboxylic acids is 1. The first-order chi connectivity index (χ1) is 12.2. The lowest BCUT2D eigenvalue weighted by Crippen LogP contribution is -2.19. The van der Waals surface area contributed by atoms with E-state index in [1.54, 1.807) is 0 Å². The van der Waals surface area contributed by atoms with Gasteiger partial charge in [-0.3, -0.25) is 4.79 Å². The fraction of sp³-hybridized carbons (Fsp3) is 0.118. The minimum Gasteiger partial charge on any atom is -0.508 e. The largest absolute Gasteiger partial charge is 0.508 e. The number of aromatic nitrogens is 1. The van der Waals surface area contributed by atoms with Gasteiger partial charge in [-0.1, -0.05) is 0 Å². The summed E-state index contributed by atoms with van der Waals surface area (Å²) in [5.41, 5.74) is -1.22. The van der Waals surface area contributed by atoms with Gasteiger partial charge in [0.25, 0.3) is 5.91 Å². The Bertz CT molecular complexity index is 1120. The highest BCUT2D eigenvalue weighted by Gasteiger charge is 2.22. The molecule has 26 heavy (non-hydrogen) atoms. The third-order valence-electron chi connectivity index (χ3n) is 4.10. The molecule has 0 atom stereocenters. The molecule has 0 aliphatic heterocycles. The minimum absolute atomic E-state index is 0.00489. The number of rotatable bonds is 3. The summed E-state index contributed by atoms with van der Waals surface area (Å²) in [7, 11) is 0. The van der Waals surface area contributed by atoms with E-state index in [4.69, 9.17) is 9.52 Å². The number of benzene rings is 1. The van der Waals surface area contributed by atoms with Gasteiger partial charge in [-0.25, -0.2) is 9.59 Å². The monoisotopic (exact) mass is 358 g/mol. The second-order valence-electron chi connectivity index (χ2n) is 5.66. The SMILES string of the molecule is Cc1c(C(=O)O)c[nH]c1C(=O)Nc1c(O)c2ccc(O)c(C)c2oc1=O. The number of hydrogen-bond donors (Lipinski definition) is 5. The molecular formula is C17H14N2O7. The molecule has 0 fully saturated rings. The van der Waals surface area contributed by atoms with Crippen LogP contribution in [0, 0.1) is 13.8 Å². The first kappa shape index (κ1) is 17.1. The van der Waals surface area contributed by atoms with Crippen LogP contribution in [0.4, 0.5) is 5.69 Å². The number of phenolic OH excluding ortho intramolecular Hbond substituents is 1. The molecule has 5 N–H and O–H groups in total. The van der Waals surface area contributed by atoms with Crippen LogP contribution in [0.25, 0.3) is 11.0 Å². The van der Waals surface area contributed by atoms with Crippen LogP contribution in [-0.2, 0) is 0 Å². The van der Waals surface area contributed by atoms with Gasteiger partial charge in [0.15, 0.2) is 11.4 Å². The molecule has 1 aromatic carbocycles. The van der Waals surface area contributed by atoms with Crippen molar-refractivity contribution in [3.63, 3.8) is 0 Å². The lowest BCUT2D eigenvalue weighted by Gasteiger charge is -2.10. The number of H-pyrrole nitrogens is 1. The van der Waals surface area contributed by atoms with Crippen LogP contribution >= 0.6 is 0 Å². The number of carboxylic acids is 1. The van der Waals surface area contributed by atoms with E-state index in [1.165, 1.54) is 26.0 Å². The maximum atomic E-state index is 12.4. The second-order valence-corrected chi connectivity index (χ2v) is 5.66. The zero-order valence-electron chi connectivity index (χ0n) is 13.7. The Hall–Kier alpha value is -3.75. The van der Waals surface area contributed by atoms with E-state index in [2.05, 4.69) is 10.3 Å². The van der Waals surface area contributed by atoms with Gasteiger partial charge in [0.1, 0.15) is 17.0 Å². The number of carboxylic acid groups (broad SMARTS) is 1. The standard InChI is InChI=1S/C17H14N2O7/c1-6-9(16(23)24)5-18-11(6)15(22)19-12-13(21)8-3-4-10(20)7(2)14(8)26-17(12)25/h3-5,18,20-21H,1-2H3,(H,19,22)(H,23,24). The highest BCUT2D eigenvalue weighted by atomic mass is 16.4. The van der Waals surface area contributed by atoms with E-state index in [0.29, 0.717) is 0 Å². The average Bonchev–Trinajstić information content (AvgIpc) is 2.97. The smallest absolute Gasteiger partial charge is 0.364 e. The van der Waals surface area contributed by atoms with Crippen LogP contribution in [0.3, 0.4) is 0 Å². The second kappa shape index (κ2) is 5.96. The number of aromatic amines is 1. The number of aromatic hydroxyl groups is 2. The number of aryl methyl sites for hydroxylation is 1. The first-order valence-electron chi connectivity index (χ1n) is 7.43. The molecule has 0 saturated carbocycles. The molecule has 1 amide bonds. The number of amides is 1. The molecule has 3 aromatic rings. The number of nitrogens with one attached hydrogen (secondary N) is 2. The Morgan fingerprint density at radius 3 is 2.46 bits per heavy atom. The maximum absolute atomic E-state index is 12.4. The van der Waals surface area contributed by atoms with Gasteiger partial charge in [0, 0.05) is 11.8 Å². The third kappa shape index (κ3) is 2.55. The van der Waals surface area contributed by atoms with E-state index in [-0.39, 0.29) is 39.1 Å². The number of hydrogen-bond acceptors (Lipinski definition) is 6. The molecule has 9 heteroatoms. The van der Waals surface area contributed by atoms with Crippen molar-refractivity contribution in [2.24, 2.45) is 0 Å². The molecule has 0 aliphatic carbocycles. The summed E-state index contributed by atoms with van der Waals surface area (Å²) in [6, 6.07) is 2.66. The molecule has 2 heterocycles. The van der Waals surface area contributed by atoms with Crippen molar-refractivity contribution in [2.75, 3.05) is 5.32 Å². The van der Waals surface area contributed by atoms with Crippen molar-refractivity contribution in [3.05, 3.63) is 51.1 Å². The van der Waals surface area contributed by atoms with Crippen molar-refractivity contribution >= 4 is 28.5 Å². The van der Waals surface area contributed by atoms with Crippen LogP contribution in [0.2, 0.25) is 0 Å². The molecule has 0 radical (unpaired) electrons. The topological polar surface area (TPSA) is 153 Å². The van der Waals surface area contributed by atoms with Gasteiger partial charge in [-0.15, -0.1) is 0 Å². The average molecular weight is 358 g/mol. The Morgan fingerprint density at radius 1 is 1.15 bits per heavy atom. The van der Waals surface area contributed by atoms with Gasteiger partial charge >= 0.3 is 11.6 Å². The lowest BCUT2D eigenvalue weighted by molar-refractivity contribution is 0.0696. The Balaban J connectivity index is 2.07. The van der Waals surface area contributed by atoms with E-state index in [9.17, 15) is 24.6 Å². The van der Waals surface area contributed by atoms with Crippen molar-refractivity contribution in [3.8, 4) is 11.5 Å². The normalized spacial score (nSPS) is 10.8. The zero-order chi connectivity index (χ0) is 19.2. The highest BCUT2D eigenvalue weighted by Crippen LogP contribution is 2.34. The van der Waals surface area contributed by atoms with Crippen LogP contribution in [-0.4, -0.2) is 32.2 Å². The van der Waals surface area contributed by atoms with E-state index in [1.807, 2.05) is 0 Å². The third-order valence-corrected chi connectivity index (χ3v) is 4.10. The first-order valence-corrected chi connectivity index (χ1v) is 7.43. The molecule has 134 valence electrons. The molecule has 0 saturated heterocycles. The molecule has 0 unspecified atom stereocenters. The molecule has 0 bridgehead atoms. The van der Waals surface area contributed by atoms with Crippen molar-refractivity contribution in [1.29, 1.82) is 0 Å². The summed E-state index contributed by atoms with van der Waals surface area (Å²) in [5, 5.41) is 31.4. The Labute approximate surface area is 145 Å². The van der Waals surface area contributed by atoms with Crippen LogP contribution in [0.1, 0.15) is 32.0 Å². The van der Waals surface area contributed by atoms with E-state index < -0.39 is 28.9 Å².